The number of phenolic OH excluding ortho intramolecular Hbond substituents is 2. The zero-order valence-corrected chi connectivity index (χ0v) is 15.7. The first-order chi connectivity index (χ1) is 14.3. The summed E-state index contributed by atoms with van der Waals surface area (Å²) in [5, 5.41) is 71.0. The van der Waals surface area contributed by atoms with Crippen molar-refractivity contribution in [3.8, 4) is 11.5 Å². The first kappa shape index (κ1) is 20.7. The Morgan fingerprint density at radius 2 is 1.57 bits per heavy atom. The van der Waals surface area contributed by atoms with E-state index in [1.807, 2.05) is 0 Å². The van der Waals surface area contributed by atoms with Crippen LogP contribution in [0.1, 0.15) is 38.5 Å². The monoisotopic (exact) mass is 418 g/mol. The lowest BCUT2D eigenvalue weighted by Crippen LogP contribution is -2.60. The summed E-state index contributed by atoms with van der Waals surface area (Å²) in [4.78, 5) is 13.1. The Bertz CT molecular complexity index is 987. The number of rotatable bonds is 3. The topological polar surface area (TPSA) is 168 Å². The van der Waals surface area contributed by atoms with Gasteiger partial charge in [0.15, 0.2) is 0 Å². The van der Waals surface area contributed by atoms with Crippen LogP contribution in [0.3, 0.4) is 0 Å². The van der Waals surface area contributed by atoms with Gasteiger partial charge in [-0.25, -0.2) is 0 Å². The summed E-state index contributed by atoms with van der Waals surface area (Å²) in [6.45, 7) is -1.06. The van der Waals surface area contributed by atoms with Crippen LogP contribution in [-0.4, -0.2) is 78.7 Å². The number of phenols is 2. The standard InChI is InChI=1S/C21H22O9/c22-6-8-4-10-14(21-20(29)19(28)17(26)13(7-23)30-21)9-2-1-3-11(24)15(9)18(27)16(10)12(25)5-8/h1-5,13-14,17,19-26,28-29H,6-7H2/t13-,14+,17+,19-,20-,21+/m0/s1. The van der Waals surface area contributed by atoms with Crippen LogP contribution < -0.4 is 0 Å². The molecular weight excluding hydrogens is 396 g/mol. The quantitative estimate of drug-likeness (QED) is 0.334. The molecule has 1 heterocycles. The number of fused-ring (bicyclic) bond motifs is 2. The summed E-state index contributed by atoms with van der Waals surface area (Å²) in [7, 11) is 0. The Labute approximate surface area is 171 Å². The van der Waals surface area contributed by atoms with E-state index in [-0.39, 0.29) is 28.0 Å². The maximum absolute atomic E-state index is 13.1. The molecular formula is C21H22O9. The van der Waals surface area contributed by atoms with Crippen molar-refractivity contribution in [2.75, 3.05) is 6.61 Å². The number of benzene rings is 2. The summed E-state index contributed by atoms with van der Waals surface area (Å²) in [6, 6.07) is 7.06. The molecule has 0 radical (unpaired) electrons. The second kappa shape index (κ2) is 7.62. The predicted octanol–water partition coefficient (Wildman–Crippen LogP) is -0.891. The Morgan fingerprint density at radius 3 is 2.23 bits per heavy atom. The first-order valence-corrected chi connectivity index (χ1v) is 9.43. The molecule has 9 heteroatoms. The maximum Gasteiger partial charge on any atom is 0.201 e. The van der Waals surface area contributed by atoms with Gasteiger partial charge in [0.25, 0.3) is 0 Å². The van der Waals surface area contributed by atoms with E-state index in [0.29, 0.717) is 5.56 Å². The van der Waals surface area contributed by atoms with E-state index in [2.05, 4.69) is 0 Å². The number of ether oxygens (including phenoxy) is 1. The molecule has 0 saturated carbocycles. The summed E-state index contributed by atoms with van der Waals surface area (Å²) in [6.07, 6.45) is -7.22. The molecule has 0 amide bonds. The van der Waals surface area contributed by atoms with Crippen LogP contribution in [0.15, 0.2) is 30.3 Å². The molecule has 1 fully saturated rings. The molecule has 1 aliphatic carbocycles. The SMILES string of the molecule is O=C1c2c(O)cccc2[C@@H]([C@H]2O[C@@H](CO)[C@@H](O)[C@H](O)[C@@H]2O)c2cc(CO)cc(O)c21. The number of hydrogen-bond acceptors (Lipinski definition) is 9. The van der Waals surface area contributed by atoms with Gasteiger partial charge in [0.05, 0.1) is 30.4 Å². The fourth-order valence-corrected chi connectivity index (χ4v) is 4.41. The zero-order valence-electron chi connectivity index (χ0n) is 15.7. The molecule has 1 aliphatic heterocycles. The second-order valence-corrected chi connectivity index (χ2v) is 7.58. The molecule has 0 unspecified atom stereocenters. The summed E-state index contributed by atoms with van der Waals surface area (Å²) in [5.74, 6) is -2.34. The van der Waals surface area contributed by atoms with Crippen molar-refractivity contribution in [2.45, 2.75) is 43.0 Å². The van der Waals surface area contributed by atoms with E-state index in [1.165, 1.54) is 24.3 Å². The highest BCUT2D eigenvalue weighted by molar-refractivity contribution is 6.16. The van der Waals surface area contributed by atoms with Gasteiger partial charge in [0.1, 0.15) is 35.9 Å². The number of aromatic hydroxyl groups is 2. The Hall–Kier alpha value is -2.53. The van der Waals surface area contributed by atoms with E-state index < -0.39 is 61.2 Å². The number of carbonyl (C=O) groups excluding carboxylic acids is 1. The van der Waals surface area contributed by atoms with Gasteiger partial charge in [-0.1, -0.05) is 18.2 Å². The van der Waals surface area contributed by atoms with Crippen LogP contribution in [0.25, 0.3) is 0 Å². The lowest BCUT2D eigenvalue weighted by molar-refractivity contribution is -0.232. The largest absolute Gasteiger partial charge is 0.507 e. The first-order valence-electron chi connectivity index (χ1n) is 9.43. The zero-order chi connectivity index (χ0) is 21.7. The average molecular weight is 418 g/mol. The smallest absolute Gasteiger partial charge is 0.201 e. The van der Waals surface area contributed by atoms with Crippen LogP contribution >= 0.6 is 0 Å². The van der Waals surface area contributed by atoms with Gasteiger partial charge in [0.2, 0.25) is 5.78 Å². The molecule has 30 heavy (non-hydrogen) atoms. The highest BCUT2D eigenvalue weighted by Gasteiger charge is 2.50. The van der Waals surface area contributed by atoms with Gasteiger partial charge in [-0.2, -0.15) is 0 Å². The van der Waals surface area contributed by atoms with Gasteiger partial charge < -0.3 is 40.5 Å². The molecule has 6 atom stereocenters. The number of aliphatic hydroxyl groups excluding tert-OH is 5. The van der Waals surface area contributed by atoms with Crippen LogP contribution in [0.2, 0.25) is 0 Å². The van der Waals surface area contributed by atoms with Crippen LogP contribution in [0.4, 0.5) is 0 Å². The fourth-order valence-electron chi connectivity index (χ4n) is 4.41. The van der Waals surface area contributed by atoms with E-state index >= 15 is 0 Å². The number of ketones is 1. The van der Waals surface area contributed by atoms with Crippen LogP contribution in [0, 0.1) is 0 Å². The number of hydrogen-bond donors (Lipinski definition) is 7. The minimum absolute atomic E-state index is 0.0843. The Morgan fingerprint density at radius 1 is 0.867 bits per heavy atom. The summed E-state index contributed by atoms with van der Waals surface area (Å²) >= 11 is 0. The van der Waals surface area contributed by atoms with E-state index in [0.717, 1.165) is 0 Å². The minimum atomic E-state index is -1.64. The van der Waals surface area contributed by atoms with Gasteiger partial charge in [-0.3, -0.25) is 4.79 Å². The van der Waals surface area contributed by atoms with Gasteiger partial charge in [-0.15, -0.1) is 0 Å². The maximum atomic E-state index is 13.1. The van der Waals surface area contributed by atoms with E-state index in [9.17, 15) is 40.5 Å². The highest BCUT2D eigenvalue weighted by atomic mass is 16.5. The van der Waals surface area contributed by atoms with Crippen molar-refractivity contribution in [3.05, 3.63) is 58.1 Å². The van der Waals surface area contributed by atoms with Crippen molar-refractivity contribution in [2.24, 2.45) is 0 Å². The third-order valence-electron chi connectivity index (χ3n) is 5.85. The van der Waals surface area contributed by atoms with Crippen LogP contribution in [0.5, 0.6) is 11.5 Å². The summed E-state index contributed by atoms with van der Waals surface area (Å²) in [5.41, 5.74) is 0.609. The highest BCUT2D eigenvalue weighted by Crippen LogP contribution is 2.47. The molecule has 2 aromatic carbocycles. The predicted molar refractivity (Wildman–Crippen MR) is 101 cm³/mol. The normalized spacial score (nSPS) is 30.6. The van der Waals surface area contributed by atoms with E-state index in [4.69, 9.17) is 4.74 Å². The molecule has 4 rings (SSSR count). The van der Waals surface area contributed by atoms with Crippen LogP contribution in [-0.2, 0) is 11.3 Å². The second-order valence-electron chi connectivity index (χ2n) is 7.58. The number of carbonyl (C=O) groups is 1. The molecule has 160 valence electrons. The van der Waals surface area contributed by atoms with Crippen molar-refractivity contribution < 1.29 is 45.3 Å². The number of aliphatic hydroxyl groups is 5. The van der Waals surface area contributed by atoms with Crippen molar-refractivity contribution in [1.82, 2.24) is 0 Å². The molecule has 0 spiro atoms. The Kier molecular flexibility index (Phi) is 5.27. The lowest BCUT2D eigenvalue weighted by atomic mass is 9.71. The van der Waals surface area contributed by atoms with Crippen molar-refractivity contribution in [1.29, 1.82) is 0 Å². The average Bonchev–Trinajstić information content (AvgIpc) is 2.73. The minimum Gasteiger partial charge on any atom is -0.507 e. The molecule has 0 bridgehead atoms. The molecule has 2 aromatic rings. The van der Waals surface area contributed by atoms with Gasteiger partial charge in [-0.05, 0) is 28.8 Å². The van der Waals surface area contributed by atoms with Crippen molar-refractivity contribution in [3.63, 3.8) is 0 Å². The van der Waals surface area contributed by atoms with Gasteiger partial charge >= 0.3 is 0 Å². The molecule has 2 aliphatic rings. The molecule has 7 N–H and O–H groups in total. The molecule has 1 saturated heterocycles. The summed E-state index contributed by atoms with van der Waals surface area (Å²) < 4.78 is 5.73. The van der Waals surface area contributed by atoms with E-state index in [1.54, 1.807) is 6.07 Å². The van der Waals surface area contributed by atoms with Crippen molar-refractivity contribution >= 4 is 5.78 Å². The Balaban J connectivity index is 1.96. The third-order valence-corrected chi connectivity index (χ3v) is 5.85. The third kappa shape index (κ3) is 2.99. The van der Waals surface area contributed by atoms with Gasteiger partial charge in [0, 0.05) is 5.92 Å². The fraction of sp³-hybridized carbons (Fsp3) is 0.381. The molecule has 9 nitrogen and oxygen atoms in total. The lowest BCUT2D eigenvalue weighted by Gasteiger charge is -2.45. The molecule has 0 aromatic heterocycles.